The molecule has 2 N–H and O–H groups in total. The molecule has 0 atom stereocenters. The molecule has 0 spiro atoms. The molecule has 2 aromatic carbocycles. The van der Waals surface area contributed by atoms with Gasteiger partial charge in [-0.25, -0.2) is 0 Å². The van der Waals surface area contributed by atoms with Crippen LogP contribution in [-0.4, -0.2) is 22.6 Å². The Kier molecular flexibility index (Phi) is 2.65. The van der Waals surface area contributed by atoms with Gasteiger partial charge in [0.15, 0.2) is 5.78 Å². The second kappa shape index (κ2) is 4.77. The molecule has 2 heterocycles. The average Bonchev–Trinajstić information content (AvgIpc) is 3.12. The second-order valence-corrected chi connectivity index (χ2v) is 6.24. The molecule has 1 aromatic heterocycles. The highest BCUT2D eigenvalue weighted by Gasteiger charge is 2.34. The Bertz CT molecular complexity index is 1140. The molecule has 2 aliphatic rings. The number of nitrogens with one attached hydrogen (secondary N) is 2. The standard InChI is InChI=1S/C20H12N2O3/c23-11-6-7-14-13(8-11)16-15(21-14)9-12(10-4-2-1-3-5-10)17-18(16)20(25)22-19(17)24/h1-7,9,21H,8H2,(H,22,24,25). The second-order valence-electron chi connectivity index (χ2n) is 6.24. The van der Waals surface area contributed by atoms with Crippen LogP contribution in [0.1, 0.15) is 32.0 Å². The fourth-order valence-electron chi connectivity index (χ4n) is 3.72. The minimum absolute atomic E-state index is 0.0148. The number of amides is 2. The quantitative estimate of drug-likeness (QED) is 0.674. The van der Waals surface area contributed by atoms with E-state index in [0.29, 0.717) is 22.1 Å². The molecule has 0 unspecified atom stereocenters. The smallest absolute Gasteiger partial charge is 0.259 e. The van der Waals surface area contributed by atoms with Crippen molar-refractivity contribution in [3.63, 3.8) is 0 Å². The first-order valence-corrected chi connectivity index (χ1v) is 7.97. The summed E-state index contributed by atoms with van der Waals surface area (Å²) in [5.74, 6) is -0.820. The summed E-state index contributed by atoms with van der Waals surface area (Å²) in [6.07, 6.45) is 3.48. The van der Waals surface area contributed by atoms with E-state index in [1.165, 1.54) is 6.08 Å². The van der Waals surface area contributed by atoms with E-state index in [-0.39, 0.29) is 12.2 Å². The van der Waals surface area contributed by atoms with E-state index >= 15 is 0 Å². The van der Waals surface area contributed by atoms with Gasteiger partial charge >= 0.3 is 0 Å². The number of benzene rings is 2. The predicted octanol–water partition coefficient (Wildman–Crippen LogP) is 2.86. The Morgan fingerprint density at radius 2 is 1.64 bits per heavy atom. The largest absolute Gasteiger partial charge is 0.355 e. The van der Waals surface area contributed by atoms with Gasteiger partial charge in [-0.2, -0.15) is 0 Å². The van der Waals surface area contributed by atoms with Crippen molar-refractivity contribution in [3.05, 3.63) is 64.9 Å². The first kappa shape index (κ1) is 13.9. The fourth-order valence-corrected chi connectivity index (χ4v) is 3.72. The number of carbonyl (C=O) groups is 3. The number of aromatic amines is 1. The number of carbonyl (C=O) groups excluding carboxylic acids is 3. The van der Waals surface area contributed by atoms with Gasteiger partial charge in [0.1, 0.15) is 0 Å². The highest BCUT2D eigenvalue weighted by atomic mass is 16.2. The van der Waals surface area contributed by atoms with Crippen molar-refractivity contribution >= 4 is 34.6 Å². The first-order valence-electron chi connectivity index (χ1n) is 7.97. The third-order valence-corrected chi connectivity index (χ3v) is 4.78. The monoisotopic (exact) mass is 328 g/mol. The molecule has 0 saturated carbocycles. The summed E-state index contributed by atoms with van der Waals surface area (Å²) in [5, 5.41) is 3.07. The Morgan fingerprint density at radius 1 is 0.880 bits per heavy atom. The molecule has 0 bridgehead atoms. The lowest BCUT2D eigenvalue weighted by molar-refractivity contribution is -0.114. The van der Waals surface area contributed by atoms with Gasteiger partial charge in [0.25, 0.3) is 11.8 Å². The first-order chi connectivity index (χ1) is 12.1. The summed E-state index contributed by atoms with van der Waals surface area (Å²) >= 11 is 0. The summed E-state index contributed by atoms with van der Waals surface area (Å²) in [6, 6.07) is 11.4. The zero-order chi connectivity index (χ0) is 17.1. The maximum Gasteiger partial charge on any atom is 0.259 e. The van der Waals surface area contributed by atoms with Crippen LogP contribution >= 0.6 is 0 Å². The number of rotatable bonds is 1. The zero-order valence-electron chi connectivity index (χ0n) is 13.1. The van der Waals surface area contributed by atoms with E-state index in [4.69, 9.17) is 0 Å². The van der Waals surface area contributed by atoms with Crippen molar-refractivity contribution in [2.45, 2.75) is 6.42 Å². The third-order valence-electron chi connectivity index (χ3n) is 4.78. The summed E-state index contributed by atoms with van der Waals surface area (Å²) in [5.41, 5.74) is 4.67. The summed E-state index contributed by atoms with van der Waals surface area (Å²) in [7, 11) is 0. The molecule has 1 aliphatic heterocycles. The minimum atomic E-state index is -0.411. The van der Waals surface area contributed by atoms with Crippen LogP contribution in [0.3, 0.4) is 0 Å². The lowest BCUT2D eigenvalue weighted by atomic mass is 9.90. The van der Waals surface area contributed by atoms with E-state index in [1.807, 2.05) is 36.4 Å². The van der Waals surface area contributed by atoms with E-state index in [2.05, 4.69) is 10.3 Å². The van der Waals surface area contributed by atoms with Crippen LogP contribution in [0.15, 0.2) is 42.5 Å². The van der Waals surface area contributed by atoms with Gasteiger partial charge in [0, 0.05) is 23.0 Å². The van der Waals surface area contributed by atoms with Crippen molar-refractivity contribution < 1.29 is 14.4 Å². The number of hydrogen-bond acceptors (Lipinski definition) is 3. The molecule has 0 radical (unpaired) electrons. The van der Waals surface area contributed by atoms with Crippen molar-refractivity contribution in [3.8, 4) is 11.1 Å². The van der Waals surface area contributed by atoms with Gasteiger partial charge in [-0.05, 0) is 34.9 Å². The molecule has 0 saturated heterocycles. The van der Waals surface area contributed by atoms with Crippen LogP contribution in [0.4, 0.5) is 0 Å². The number of H-pyrrole nitrogens is 1. The van der Waals surface area contributed by atoms with Crippen molar-refractivity contribution in [1.82, 2.24) is 10.3 Å². The molecule has 5 nitrogen and oxygen atoms in total. The fraction of sp³-hybridized carbons (Fsp3) is 0.0500. The minimum Gasteiger partial charge on any atom is -0.355 e. The van der Waals surface area contributed by atoms with Crippen LogP contribution in [0.5, 0.6) is 0 Å². The van der Waals surface area contributed by atoms with Crippen LogP contribution in [0, 0.1) is 0 Å². The van der Waals surface area contributed by atoms with E-state index in [1.54, 1.807) is 6.08 Å². The van der Waals surface area contributed by atoms with E-state index in [9.17, 15) is 14.4 Å². The number of hydrogen-bond donors (Lipinski definition) is 2. The molecule has 120 valence electrons. The van der Waals surface area contributed by atoms with Crippen molar-refractivity contribution in [2.75, 3.05) is 0 Å². The van der Waals surface area contributed by atoms with Crippen LogP contribution in [-0.2, 0) is 11.2 Å². The maximum absolute atomic E-state index is 12.5. The Labute approximate surface area is 142 Å². The number of ketones is 1. The summed E-state index contributed by atoms with van der Waals surface area (Å²) < 4.78 is 0. The molecule has 5 heteroatoms. The third kappa shape index (κ3) is 1.86. The number of allylic oxidation sites excluding steroid dienone is 1. The maximum atomic E-state index is 12.5. The molecule has 1 aliphatic carbocycles. The molecule has 3 aromatic rings. The van der Waals surface area contributed by atoms with Crippen molar-refractivity contribution in [1.29, 1.82) is 0 Å². The number of aromatic nitrogens is 1. The van der Waals surface area contributed by atoms with Crippen LogP contribution < -0.4 is 5.32 Å². The van der Waals surface area contributed by atoms with Gasteiger partial charge in [-0.15, -0.1) is 0 Å². The van der Waals surface area contributed by atoms with E-state index in [0.717, 1.165) is 22.3 Å². The topological polar surface area (TPSA) is 79.0 Å². The lowest BCUT2D eigenvalue weighted by Gasteiger charge is -2.09. The Hall–Kier alpha value is -3.47. The van der Waals surface area contributed by atoms with Gasteiger partial charge in [-0.1, -0.05) is 30.3 Å². The lowest BCUT2D eigenvalue weighted by Crippen LogP contribution is -2.20. The Balaban J connectivity index is 1.93. The summed E-state index contributed by atoms with van der Waals surface area (Å²) in [4.78, 5) is 40.1. The molecule has 5 rings (SSSR count). The summed E-state index contributed by atoms with van der Waals surface area (Å²) in [6.45, 7) is 0. The zero-order valence-corrected chi connectivity index (χ0v) is 13.1. The molecular weight excluding hydrogens is 316 g/mol. The van der Waals surface area contributed by atoms with Crippen molar-refractivity contribution in [2.24, 2.45) is 0 Å². The van der Waals surface area contributed by atoms with Crippen LogP contribution in [0.25, 0.3) is 28.1 Å². The van der Waals surface area contributed by atoms with E-state index < -0.39 is 11.8 Å². The van der Waals surface area contributed by atoms with Gasteiger partial charge in [0.2, 0.25) is 0 Å². The Morgan fingerprint density at radius 3 is 2.44 bits per heavy atom. The predicted molar refractivity (Wildman–Crippen MR) is 93.3 cm³/mol. The molecule has 25 heavy (non-hydrogen) atoms. The van der Waals surface area contributed by atoms with Gasteiger partial charge in [-0.3, -0.25) is 19.7 Å². The van der Waals surface area contributed by atoms with Crippen LogP contribution in [0.2, 0.25) is 0 Å². The number of imide groups is 1. The molecule has 2 amide bonds. The highest BCUT2D eigenvalue weighted by Crippen LogP contribution is 2.39. The van der Waals surface area contributed by atoms with Gasteiger partial charge in [0.05, 0.1) is 11.1 Å². The van der Waals surface area contributed by atoms with Gasteiger partial charge < -0.3 is 4.98 Å². The number of fused-ring (bicyclic) bond motifs is 5. The highest BCUT2D eigenvalue weighted by molar-refractivity contribution is 6.30. The molecular formula is C20H12N2O3. The SMILES string of the molecule is O=C1C=Cc2[nH]c3cc(-c4ccccc4)c4c(c3c2C1)C(=O)NC4=O. The average molecular weight is 328 g/mol. The molecule has 0 fully saturated rings. The normalized spacial score (nSPS) is 15.4.